The Morgan fingerprint density at radius 1 is 1.07 bits per heavy atom. The van der Waals surface area contributed by atoms with Gasteiger partial charge in [-0.25, -0.2) is 4.79 Å². The molecule has 1 aliphatic heterocycles. The predicted molar refractivity (Wildman–Crippen MR) is 98.1 cm³/mol. The molecular weight excluding hydrogens is 368 g/mol. The molecule has 0 amide bonds. The molecule has 8 nitrogen and oxygen atoms in total. The summed E-state index contributed by atoms with van der Waals surface area (Å²) in [5.74, 6) is -2.84. The molecule has 2 atom stereocenters. The number of phenolic OH excluding ortho intramolecular Hbond substituents is 1. The highest BCUT2D eigenvalue weighted by molar-refractivity contribution is 5.88. The maximum Gasteiger partial charge on any atom is 0.328 e. The van der Waals surface area contributed by atoms with Crippen LogP contribution in [0.5, 0.6) is 23.0 Å². The van der Waals surface area contributed by atoms with Crippen LogP contribution in [-0.2, 0) is 9.59 Å². The number of fused-ring (bicyclic) bond motifs is 1. The van der Waals surface area contributed by atoms with Crippen LogP contribution in [0.4, 0.5) is 0 Å². The van der Waals surface area contributed by atoms with E-state index in [0.29, 0.717) is 22.6 Å². The fourth-order valence-electron chi connectivity index (χ4n) is 3.24. The monoisotopic (exact) mass is 386 g/mol. The number of phenols is 1. The first kappa shape index (κ1) is 19.1. The molecule has 3 rings (SSSR count). The normalized spacial score (nSPS) is 17.8. The zero-order valence-corrected chi connectivity index (χ0v) is 15.1. The lowest BCUT2D eigenvalue weighted by molar-refractivity contribution is -0.140. The zero-order chi connectivity index (χ0) is 20.4. The van der Waals surface area contributed by atoms with Gasteiger partial charge in [-0.2, -0.15) is 0 Å². The molecule has 0 saturated heterocycles. The molecule has 0 aromatic heterocycles. The fourth-order valence-corrected chi connectivity index (χ4v) is 3.24. The van der Waals surface area contributed by atoms with Gasteiger partial charge in [-0.05, 0) is 35.4 Å². The Bertz CT molecular complexity index is 963. The van der Waals surface area contributed by atoms with E-state index in [9.17, 15) is 19.8 Å². The molecule has 0 fully saturated rings. The SMILES string of the molecule is COc1ccc([C@H]2Oc3c(O)ccc(/C=C/C(=O)O)c3[C@@H]2C(=O)O)cc1OC. The van der Waals surface area contributed by atoms with Crippen LogP contribution in [0.1, 0.15) is 28.7 Å². The average molecular weight is 386 g/mol. The maximum atomic E-state index is 12.1. The van der Waals surface area contributed by atoms with Crippen molar-refractivity contribution in [1.29, 1.82) is 0 Å². The molecule has 1 aliphatic rings. The number of carboxylic acid groups (broad SMARTS) is 2. The van der Waals surface area contributed by atoms with Gasteiger partial charge < -0.3 is 29.5 Å². The molecule has 0 bridgehead atoms. The van der Waals surface area contributed by atoms with Crippen LogP contribution in [0.15, 0.2) is 36.4 Å². The van der Waals surface area contributed by atoms with Crippen molar-refractivity contribution < 1.29 is 39.1 Å². The average Bonchev–Trinajstić information content (AvgIpc) is 3.08. The summed E-state index contributed by atoms with van der Waals surface area (Å²) < 4.78 is 16.3. The van der Waals surface area contributed by atoms with E-state index < -0.39 is 24.0 Å². The van der Waals surface area contributed by atoms with E-state index in [-0.39, 0.29) is 17.1 Å². The van der Waals surface area contributed by atoms with E-state index in [4.69, 9.17) is 19.3 Å². The first-order valence-electron chi connectivity index (χ1n) is 8.25. The summed E-state index contributed by atoms with van der Waals surface area (Å²) in [6.07, 6.45) is 1.23. The van der Waals surface area contributed by atoms with Gasteiger partial charge in [0.1, 0.15) is 12.0 Å². The first-order chi connectivity index (χ1) is 13.4. The van der Waals surface area contributed by atoms with Gasteiger partial charge >= 0.3 is 11.9 Å². The lowest BCUT2D eigenvalue weighted by Gasteiger charge is -2.18. The van der Waals surface area contributed by atoms with Crippen molar-refractivity contribution in [3.05, 3.63) is 53.1 Å². The minimum atomic E-state index is -1.18. The van der Waals surface area contributed by atoms with Crippen LogP contribution in [0.25, 0.3) is 6.08 Å². The van der Waals surface area contributed by atoms with E-state index in [1.165, 1.54) is 32.4 Å². The standard InChI is InChI=1S/C20H18O8/c1-26-13-7-4-11(9-14(13)27-2)18-17(20(24)25)16-10(5-8-15(22)23)3-6-12(21)19(16)28-18/h3-9,17-18,21H,1-2H3,(H,22,23)(H,24,25)/b8-5+/t17-,18+/m0/s1. The summed E-state index contributed by atoms with van der Waals surface area (Å²) in [4.78, 5) is 22.9. The number of carboxylic acids is 2. The van der Waals surface area contributed by atoms with Crippen LogP contribution in [-0.4, -0.2) is 41.5 Å². The Kier molecular flexibility index (Phi) is 5.12. The smallest absolute Gasteiger partial charge is 0.328 e. The van der Waals surface area contributed by atoms with E-state index in [1.54, 1.807) is 18.2 Å². The van der Waals surface area contributed by atoms with Crippen LogP contribution < -0.4 is 14.2 Å². The second-order valence-corrected chi connectivity index (χ2v) is 6.06. The van der Waals surface area contributed by atoms with Gasteiger partial charge in [0.25, 0.3) is 0 Å². The third-order valence-electron chi connectivity index (χ3n) is 4.48. The largest absolute Gasteiger partial charge is 0.504 e. The van der Waals surface area contributed by atoms with E-state index in [1.807, 2.05) is 0 Å². The summed E-state index contributed by atoms with van der Waals surface area (Å²) in [6.45, 7) is 0. The van der Waals surface area contributed by atoms with Crippen LogP contribution >= 0.6 is 0 Å². The van der Waals surface area contributed by atoms with Crippen molar-refractivity contribution in [3.63, 3.8) is 0 Å². The van der Waals surface area contributed by atoms with Gasteiger partial charge in [0.05, 0.1) is 14.2 Å². The molecular formula is C20H18O8. The highest BCUT2D eigenvalue weighted by atomic mass is 16.5. The Hall–Kier alpha value is -3.68. The molecule has 3 N–H and O–H groups in total. The van der Waals surface area contributed by atoms with Gasteiger partial charge in [-0.1, -0.05) is 12.1 Å². The molecule has 0 saturated carbocycles. The van der Waals surface area contributed by atoms with Gasteiger partial charge in [0.15, 0.2) is 23.0 Å². The molecule has 0 spiro atoms. The van der Waals surface area contributed by atoms with Gasteiger partial charge in [0.2, 0.25) is 0 Å². The van der Waals surface area contributed by atoms with Gasteiger partial charge in [-0.15, -0.1) is 0 Å². The zero-order valence-electron chi connectivity index (χ0n) is 15.1. The van der Waals surface area contributed by atoms with Crippen molar-refractivity contribution in [2.24, 2.45) is 0 Å². The van der Waals surface area contributed by atoms with Gasteiger partial charge in [0, 0.05) is 11.6 Å². The van der Waals surface area contributed by atoms with Crippen LogP contribution in [0.2, 0.25) is 0 Å². The van der Waals surface area contributed by atoms with E-state index in [0.717, 1.165) is 6.08 Å². The lowest BCUT2D eigenvalue weighted by atomic mass is 9.88. The predicted octanol–water partition coefficient (Wildman–Crippen LogP) is 2.81. The van der Waals surface area contributed by atoms with Crippen molar-refractivity contribution in [2.45, 2.75) is 12.0 Å². The molecule has 2 aromatic rings. The third kappa shape index (κ3) is 3.32. The third-order valence-corrected chi connectivity index (χ3v) is 4.48. The number of ether oxygens (including phenoxy) is 3. The van der Waals surface area contributed by atoms with Crippen molar-refractivity contribution in [1.82, 2.24) is 0 Å². The minimum absolute atomic E-state index is 0.0136. The Balaban J connectivity index is 2.13. The Morgan fingerprint density at radius 2 is 1.79 bits per heavy atom. The summed E-state index contributed by atoms with van der Waals surface area (Å²) in [5, 5.41) is 28.9. The molecule has 0 unspecified atom stereocenters. The molecule has 1 heterocycles. The Morgan fingerprint density at radius 3 is 2.39 bits per heavy atom. The van der Waals surface area contributed by atoms with Gasteiger partial charge in [-0.3, -0.25) is 4.79 Å². The number of rotatable bonds is 6. The minimum Gasteiger partial charge on any atom is -0.504 e. The molecule has 2 aromatic carbocycles. The topological polar surface area (TPSA) is 123 Å². The van der Waals surface area contributed by atoms with E-state index >= 15 is 0 Å². The number of benzene rings is 2. The number of methoxy groups -OCH3 is 2. The molecule has 0 aliphatic carbocycles. The van der Waals surface area contributed by atoms with Crippen LogP contribution in [0.3, 0.4) is 0 Å². The van der Waals surface area contributed by atoms with Crippen molar-refractivity contribution >= 4 is 18.0 Å². The highest BCUT2D eigenvalue weighted by Crippen LogP contribution is 2.52. The molecule has 28 heavy (non-hydrogen) atoms. The second-order valence-electron chi connectivity index (χ2n) is 6.06. The summed E-state index contributed by atoms with van der Waals surface area (Å²) in [6, 6.07) is 7.66. The maximum absolute atomic E-state index is 12.1. The number of aromatic hydroxyl groups is 1. The summed E-state index contributed by atoms with van der Waals surface area (Å²) in [7, 11) is 2.94. The number of carbonyl (C=O) groups is 2. The number of hydrogen-bond acceptors (Lipinski definition) is 6. The number of hydrogen-bond donors (Lipinski definition) is 3. The highest BCUT2D eigenvalue weighted by Gasteiger charge is 2.43. The first-order valence-corrected chi connectivity index (χ1v) is 8.25. The number of aliphatic carboxylic acids is 2. The summed E-state index contributed by atoms with van der Waals surface area (Å²) >= 11 is 0. The lowest BCUT2D eigenvalue weighted by Crippen LogP contribution is -2.19. The molecule has 8 heteroatoms. The molecule has 0 radical (unpaired) electrons. The van der Waals surface area contributed by atoms with Crippen molar-refractivity contribution in [3.8, 4) is 23.0 Å². The second kappa shape index (κ2) is 7.51. The summed E-state index contributed by atoms with van der Waals surface area (Å²) in [5.41, 5.74) is 1.06. The van der Waals surface area contributed by atoms with Crippen LogP contribution in [0, 0.1) is 0 Å². The fraction of sp³-hybridized carbons (Fsp3) is 0.200. The van der Waals surface area contributed by atoms with E-state index in [2.05, 4.69) is 0 Å². The quantitative estimate of drug-likeness (QED) is 0.648. The molecule has 146 valence electrons. The van der Waals surface area contributed by atoms with Crippen molar-refractivity contribution in [2.75, 3.05) is 14.2 Å². The Labute approximate surface area is 160 Å².